The minimum Gasteiger partial charge on any atom is -0.307 e. The number of halogens is 2. The Balaban J connectivity index is 2.12. The summed E-state index contributed by atoms with van der Waals surface area (Å²) in [6.45, 7) is 0.386. The standard InChI is InChI=1S/C5H10F2N2/c1-8-4-9-2-5(6,7)3-9/h8H,2-4H2,1H3. The van der Waals surface area contributed by atoms with Crippen molar-refractivity contribution in [3.63, 3.8) is 0 Å². The van der Waals surface area contributed by atoms with Gasteiger partial charge in [-0.2, -0.15) is 0 Å². The molecule has 0 spiro atoms. The van der Waals surface area contributed by atoms with Gasteiger partial charge >= 0.3 is 0 Å². The molecule has 1 saturated heterocycles. The average molecular weight is 136 g/mol. The molecule has 0 aromatic heterocycles. The van der Waals surface area contributed by atoms with E-state index in [2.05, 4.69) is 5.32 Å². The molecule has 0 unspecified atom stereocenters. The predicted octanol–water partition coefficient (Wildman–Crippen LogP) is 0.114. The summed E-state index contributed by atoms with van der Waals surface area (Å²) in [6, 6.07) is 0. The molecule has 1 N–H and O–H groups in total. The predicted molar refractivity (Wildman–Crippen MR) is 30.4 cm³/mol. The van der Waals surface area contributed by atoms with Crippen molar-refractivity contribution in [3.8, 4) is 0 Å². The van der Waals surface area contributed by atoms with E-state index in [4.69, 9.17) is 0 Å². The van der Waals surface area contributed by atoms with Gasteiger partial charge < -0.3 is 5.32 Å². The molecule has 1 aliphatic rings. The van der Waals surface area contributed by atoms with Crippen molar-refractivity contribution in [1.82, 2.24) is 10.2 Å². The third kappa shape index (κ3) is 1.59. The van der Waals surface area contributed by atoms with E-state index in [0.717, 1.165) is 0 Å². The number of hydrogen-bond acceptors (Lipinski definition) is 2. The monoisotopic (exact) mass is 136 g/mol. The third-order valence-electron chi connectivity index (χ3n) is 1.29. The first-order valence-electron chi connectivity index (χ1n) is 2.89. The summed E-state index contributed by atoms with van der Waals surface area (Å²) < 4.78 is 24.1. The van der Waals surface area contributed by atoms with Gasteiger partial charge in [-0.25, -0.2) is 8.78 Å². The highest BCUT2D eigenvalue weighted by Gasteiger charge is 2.42. The minimum absolute atomic E-state index is 0.0894. The van der Waals surface area contributed by atoms with Crippen molar-refractivity contribution in [2.24, 2.45) is 0 Å². The van der Waals surface area contributed by atoms with Gasteiger partial charge in [0.15, 0.2) is 0 Å². The molecule has 9 heavy (non-hydrogen) atoms. The molecule has 2 nitrogen and oxygen atoms in total. The van der Waals surface area contributed by atoms with Gasteiger partial charge in [0, 0.05) is 6.67 Å². The van der Waals surface area contributed by atoms with Crippen LogP contribution < -0.4 is 5.32 Å². The van der Waals surface area contributed by atoms with E-state index < -0.39 is 5.92 Å². The van der Waals surface area contributed by atoms with Crippen molar-refractivity contribution < 1.29 is 8.78 Å². The number of nitrogens with one attached hydrogen (secondary N) is 1. The van der Waals surface area contributed by atoms with Gasteiger partial charge in [0.25, 0.3) is 5.92 Å². The molecule has 0 radical (unpaired) electrons. The average Bonchev–Trinajstić information content (AvgIpc) is 1.62. The molecule has 0 aromatic carbocycles. The van der Waals surface area contributed by atoms with Crippen molar-refractivity contribution in [2.45, 2.75) is 5.92 Å². The van der Waals surface area contributed by atoms with Crippen LogP contribution in [0.25, 0.3) is 0 Å². The topological polar surface area (TPSA) is 15.3 Å². The number of alkyl halides is 2. The van der Waals surface area contributed by atoms with E-state index in [1.54, 1.807) is 11.9 Å². The molecule has 0 aromatic rings. The van der Waals surface area contributed by atoms with Crippen LogP contribution in [0.5, 0.6) is 0 Å². The molecular formula is C5H10F2N2. The van der Waals surface area contributed by atoms with Crippen molar-refractivity contribution >= 4 is 0 Å². The van der Waals surface area contributed by atoms with Gasteiger partial charge in [0.2, 0.25) is 0 Å². The van der Waals surface area contributed by atoms with Crippen LogP contribution in [0.3, 0.4) is 0 Å². The van der Waals surface area contributed by atoms with E-state index >= 15 is 0 Å². The lowest BCUT2D eigenvalue weighted by molar-refractivity contribution is -0.131. The number of likely N-dealkylation sites (tertiary alicyclic amines) is 1. The summed E-state index contributed by atoms with van der Waals surface area (Å²) >= 11 is 0. The van der Waals surface area contributed by atoms with E-state index in [1.807, 2.05) is 0 Å². The second-order valence-electron chi connectivity index (χ2n) is 2.35. The Kier molecular flexibility index (Phi) is 1.68. The van der Waals surface area contributed by atoms with Crippen molar-refractivity contribution in [2.75, 3.05) is 26.8 Å². The molecule has 1 aliphatic heterocycles. The lowest BCUT2D eigenvalue weighted by Crippen LogP contribution is -2.58. The second-order valence-corrected chi connectivity index (χ2v) is 2.35. The van der Waals surface area contributed by atoms with Crippen LogP contribution in [0.15, 0.2) is 0 Å². The summed E-state index contributed by atoms with van der Waals surface area (Å²) in [4.78, 5) is 1.65. The maximum absolute atomic E-state index is 12.0. The fourth-order valence-electron chi connectivity index (χ4n) is 0.943. The molecule has 1 heterocycles. The Morgan fingerprint density at radius 2 is 2.11 bits per heavy atom. The van der Waals surface area contributed by atoms with E-state index in [9.17, 15) is 8.78 Å². The summed E-state index contributed by atoms with van der Waals surface area (Å²) in [5.74, 6) is -2.42. The zero-order valence-corrected chi connectivity index (χ0v) is 5.32. The number of nitrogens with zero attached hydrogens (tertiary/aromatic N) is 1. The van der Waals surface area contributed by atoms with E-state index in [1.165, 1.54) is 0 Å². The van der Waals surface area contributed by atoms with Crippen LogP contribution >= 0.6 is 0 Å². The molecule has 0 amide bonds. The van der Waals surface area contributed by atoms with E-state index in [0.29, 0.717) is 6.67 Å². The van der Waals surface area contributed by atoms with Crippen molar-refractivity contribution in [3.05, 3.63) is 0 Å². The Labute approximate surface area is 52.8 Å². The highest BCUT2D eigenvalue weighted by atomic mass is 19.3. The number of rotatable bonds is 2. The fourth-order valence-corrected chi connectivity index (χ4v) is 0.943. The summed E-state index contributed by atoms with van der Waals surface area (Å²) in [7, 11) is 1.75. The van der Waals surface area contributed by atoms with Gasteiger partial charge in [-0.3, -0.25) is 4.90 Å². The van der Waals surface area contributed by atoms with Crippen LogP contribution in [0.4, 0.5) is 8.78 Å². The molecule has 0 aliphatic carbocycles. The highest BCUT2D eigenvalue weighted by molar-refractivity contribution is 4.85. The molecule has 1 rings (SSSR count). The summed E-state index contributed by atoms with van der Waals surface area (Å²) in [5, 5.41) is 2.80. The quantitative estimate of drug-likeness (QED) is 0.579. The fraction of sp³-hybridized carbons (Fsp3) is 1.00. The zero-order chi connectivity index (χ0) is 6.91. The maximum atomic E-state index is 12.0. The molecule has 0 atom stereocenters. The molecule has 0 saturated carbocycles. The van der Waals surface area contributed by atoms with E-state index in [-0.39, 0.29) is 13.1 Å². The Morgan fingerprint density at radius 3 is 2.44 bits per heavy atom. The van der Waals surface area contributed by atoms with Crippen molar-refractivity contribution in [1.29, 1.82) is 0 Å². The van der Waals surface area contributed by atoms with Crippen LogP contribution in [0.2, 0.25) is 0 Å². The lowest BCUT2D eigenvalue weighted by atomic mass is 10.2. The highest BCUT2D eigenvalue weighted by Crippen LogP contribution is 2.25. The van der Waals surface area contributed by atoms with Gasteiger partial charge in [-0.05, 0) is 7.05 Å². The van der Waals surface area contributed by atoms with Crippen LogP contribution in [0, 0.1) is 0 Å². The van der Waals surface area contributed by atoms with Crippen LogP contribution in [-0.2, 0) is 0 Å². The molecule has 0 bridgehead atoms. The maximum Gasteiger partial charge on any atom is 0.273 e. The summed E-state index contributed by atoms with van der Waals surface area (Å²) in [6.07, 6.45) is 0. The SMILES string of the molecule is CNCN1CC(F)(F)C1. The lowest BCUT2D eigenvalue weighted by Gasteiger charge is -2.38. The first-order valence-corrected chi connectivity index (χ1v) is 2.89. The van der Waals surface area contributed by atoms with Gasteiger partial charge in [0.05, 0.1) is 13.1 Å². The third-order valence-corrected chi connectivity index (χ3v) is 1.29. The minimum atomic E-state index is -2.42. The molecule has 1 fully saturated rings. The zero-order valence-electron chi connectivity index (χ0n) is 5.32. The van der Waals surface area contributed by atoms with Crippen LogP contribution in [0.1, 0.15) is 0 Å². The second kappa shape index (κ2) is 2.19. The normalized spacial score (nSPS) is 25.7. The first-order chi connectivity index (χ1) is 4.14. The molecule has 4 heteroatoms. The first kappa shape index (κ1) is 6.89. The molecular weight excluding hydrogens is 126 g/mol. The Hall–Kier alpha value is -0.220. The van der Waals surface area contributed by atoms with Gasteiger partial charge in [-0.15, -0.1) is 0 Å². The van der Waals surface area contributed by atoms with Gasteiger partial charge in [-0.1, -0.05) is 0 Å². The largest absolute Gasteiger partial charge is 0.307 e. The molecule has 54 valence electrons. The number of hydrogen-bond donors (Lipinski definition) is 1. The smallest absolute Gasteiger partial charge is 0.273 e. The van der Waals surface area contributed by atoms with Crippen LogP contribution in [-0.4, -0.2) is 37.6 Å². The summed E-state index contributed by atoms with van der Waals surface area (Å²) in [5.41, 5.74) is 0. The van der Waals surface area contributed by atoms with Gasteiger partial charge in [0.1, 0.15) is 0 Å². The Morgan fingerprint density at radius 1 is 1.56 bits per heavy atom. The Bertz CT molecular complexity index is 97.1.